The van der Waals surface area contributed by atoms with Crippen LogP contribution in [0.5, 0.6) is 0 Å². The number of rotatable bonds is 4. The normalized spacial score (nSPS) is 15.5. The van der Waals surface area contributed by atoms with Crippen molar-refractivity contribution in [3.63, 3.8) is 0 Å². The lowest BCUT2D eigenvalue weighted by molar-refractivity contribution is -0.113. The van der Waals surface area contributed by atoms with Gasteiger partial charge in [-0.3, -0.25) is 4.79 Å². The summed E-state index contributed by atoms with van der Waals surface area (Å²) in [4.78, 5) is 16.7. The highest BCUT2D eigenvalue weighted by molar-refractivity contribution is 7.89. The van der Waals surface area contributed by atoms with E-state index >= 15 is 0 Å². The molecular formula is C18H19N3O3S. The van der Waals surface area contributed by atoms with Gasteiger partial charge in [-0.15, -0.1) is 0 Å². The number of aryl methyl sites for hydroxylation is 1. The van der Waals surface area contributed by atoms with Gasteiger partial charge in [0.15, 0.2) is 0 Å². The van der Waals surface area contributed by atoms with E-state index in [-0.39, 0.29) is 23.9 Å². The summed E-state index contributed by atoms with van der Waals surface area (Å²) in [5.41, 5.74) is 1.58. The molecule has 0 atom stereocenters. The molecule has 0 saturated heterocycles. The molecule has 25 heavy (non-hydrogen) atoms. The Morgan fingerprint density at radius 1 is 1.16 bits per heavy atom. The SMILES string of the molecule is Cc1ccc(NC(=O)C2=CCN(S(=O)(=O)c3ccccc3)CC2)nc1. The van der Waals surface area contributed by atoms with Crippen molar-refractivity contribution in [3.8, 4) is 0 Å². The lowest BCUT2D eigenvalue weighted by Crippen LogP contribution is -2.36. The van der Waals surface area contributed by atoms with Crippen LogP contribution in [0.25, 0.3) is 0 Å². The molecule has 130 valence electrons. The van der Waals surface area contributed by atoms with Crippen molar-refractivity contribution in [1.29, 1.82) is 0 Å². The van der Waals surface area contributed by atoms with Crippen LogP contribution in [0.3, 0.4) is 0 Å². The molecule has 6 nitrogen and oxygen atoms in total. The van der Waals surface area contributed by atoms with Gasteiger partial charge in [0.2, 0.25) is 10.0 Å². The number of benzene rings is 1. The minimum Gasteiger partial charge on any atom is -0.307 e. The van der Waals surface area contributed by atoms with E-state index in [0.29, 0.717) is 17.8 Å². The van der Waals surface area contributed by atoms with Gasteiger partial charge in [-0.1, -0.05) is 30.3 Å². The van der Waals surface area contributed by atoms with Gasteiger partial charge >= 0.3 is 0 Å². The third kappa shape index (κ3) is 3.94. The maximum atomic E-state index is 12.6. The van der Waals surface area contributed by atoms with Crippen LogP contribution in [0.1, 0.15) is 12.0 Å². The molecule has 1 aromatic heterocycles. The summed E-state index contributed by atoms with van der Waals surface area (Å²) in [5.74, 6) is 0.240. The van der Waals surface area contributed by atoms with Crippen LogP contribution < -0.4 is 5.32 Å². The summed E-state index contributed by atoms with van der Waals surface area (Å²) in [5, 5.41) is 2.74. The lowest BCUT2D eigenvalue weighted by atomic mass is 10.1. The van der Waals surface area contributed by atoms with Crippen molar-refractivity contribution >= 4 is 21.7 Å². The highest BCUT2D eigenvalue weighted by Gasteiger charge is 2.27. The van der Waals surface area contributed by atoms with Gasteiger partial charge in [0.05, 0.1) is 4.90 Å². The molecule has 1 aromatic carbocycles. The zero-order valence-corrected chi connectivity index (χ0v) is 14.7. The Balaban J connectivity index is 1.68. The molecular weight excluding hydrogens is 338 g/mol. The largest absolute Gasteiger partial charge is 0.307 e. The van der Waals surface area contributed by atoms with Crippen molar-refractivity contribution in [3.05, 3.63) is 65.9 Å². The number of carbonyl (C=O) groups excluding carboxylic acids is 1. The van der Waals surface area contributed by atoms with Crippen LogP contribution in [-0.2, 0) is 14.8 Å². The van der Waals surface area contributed by atoms with Crippen molar-refractivity contribution in [2.45, 2.75) is 18.2 Å². The number of pyridine rings is 1. The van der Waals surface area contributed by atoms with Gasteiger partial charge in [-0.25, -0.2) is 13.4 Å². The van der Waals surface area contributed by atoms with E-state index in [9.17, 15) is 13.2 Å². The summed E-state index contributed by atoms with van der Waals surface area (Å²) in [6, 6.07) is 11.9. The zero-order chi connectivity index (χ0) is 17.9. The van der Waals surface area contributed by atoms with Crippen LogP contribution in [0.15, 0.2) is 65.2 Å². The summed E-state index contributed by atoms with van der Waals surface area (Å²) in [7, 11) is -3.53. The topological polar surface area (TPSA) is 79.4 Å². The molecule has 0 spiro atoms. The molecule has 3 rings (SSSR count). The Morgan fingerprint density at radius 2 is 1.92 bits per heavy atom. The Bertz CT molecular complexity index is 891. The Labute approximate surface area is 147 Å². The van der Waals surface area contributed by atoms with Gasteiger partial charge in [-0.05, 0) is 37.1 Å². The molecule has 0 saturated carbocycles. The van der Waals surface area contributed by atoms with Crippen molar-refractivity contribution < 1.29 is 13.2 Å². The van der Waals surface area contributed by atoms with Crippen LogP contribution >= 0.6 is 0 Å². The minimum absolute atomic E-state index is 0.182. The molecule has 0 bridgehead atoms. The van der Waals surface area contributed by atoms with Gasteiger partial charge in [0.25, 0.3) is 5.91 Å². The summed E-state index contributed by atoms with van der Waals surface area (Å²) in [6.07, 6.45) is 3.70. The predicted octanol–water partition coefficient (Wildman–Crippen LogP) is 2.35. The molecule has 2 aromatic rings. The summed E-state index contributed by atoms with van der Waals surface area (Å²) >= 11 is 0. The summed E-state index contributed by atoms with van der Waals surface area (Å²) < 4.78 is 26.5. The molecule has 1 N–H and O–H groups in total. The van der Waals surface area contributed by atoms with Crippen LogP contribution in [-0.4, -0.2) is 36.7 Å². The second kappa shape index (κ2) is 7.16. The molecule has 0 unspecified atom stereocenters. The average molecular weight is 357 g/mol. The molecule has 1 aliphatic heterocycles. The van der Waals surface area contributed by atoms with E-state index < -0.39 is 10.0 Å². The number of hydrogen-bond acceptors (Lipinski definition) is 4. The maximum Gasteiger partial charge on any atom is 0.252 e. The molecule has 2 heterocycles. The Morgan fingerprint density at radius 3 is 2.52 bits per heavy atom. The van der Waals surface area contributed by atoms with Crippen molar-refractivity contribution in [2.24, 2.45) is 0 Å². The van der Waals surface area contributed by atoms with Gasteiger partial charge < -0.3 is 5.32 Å². The molecule has 0 fully saturated rings. The minimum atomic E-state index is -3.53. The van der Waals surface area contributed by atoms with Gasteiger partial charge in [0.1, 0.15) is 5.82 Å². The fourth-order valence-corrected chi connectivity index (χ4v) is 3.96. The number of nitrogens with zero attached hydrogens (tertiary/aromatic N) is 2. The maximum absolute atomic E-state index is 12.6. The van der Waals surface area contributed by atoms with Crippen molar-refractivity contribution in [2.75, 3.05) is 18.4 Å². The van der Waals surface area contributed by atoms with Crippen LogP contribution in [0, 0.1) is 6.92 Å². The fraction of sp³-hybridized carbons (Fsp3) is 0.222. The Kier molecular flexibility index (Phi) is 4.96. The first-order chi connectivity index (χ1) is 12.0. The second-order valence-electron chi connectivity index (χ2n) is 5.83. The monoisotopic (exact) mass is 357 g/mol. The number of nitrogens with one attached hydrogen (secondary N) is 1. The second-order valence-corrected chi connectivity index (χ2v) is 7.77. The first kappa shape index (κ1) is 17.3. The Hall–Kier alpha value is -2.51. The van der Waals surface area contributed by atoms with E-state index in [2.05, 4.69) is 10.3 Å². The van der Waals surface area contributed by atoms with Gasteiger partial charge in [0, 0.05) is 24.9 Å². The van der Waals surface area contributed by atoms with Gasteiger partial charge in [-0.2, -0.15) is 4.31 Å². The standard InChI is InChI=1S/C18H19N3O3S/c1-14-7-8-17(19-13-14)20-18(22)15-9-11-21(12-10-15)25(23,24)16-5-3-2-4-6-16/h2-9,13H,10-12H2,1H3,(H,19,20,22). The van der Waals surface area contributed by atoms with E-state index in [0.717, 1.165) is 5.56 Å². The predicted molar refractivity (Wildman–Crippen MR) is 95.5 cm³/mol. The highest BCUT2D eigenvalue weighted by atomic mass is 32.2. The molecule has 0 aliphatic carbocycles. The number of aromatic nitrogens is 1. The highest BCUT2D eigenvalue weighted by Crippen LogP contribution is 2.21. The number of sulfonamides is 1. The van der Waals surface area contributed by atoms with Crippen LogP contribution in [0.2, 0.25) is 0 Å². The number of hydrogen-bond donors (Lipinski definition) is 1. The fourth-order valence-electron chi connectivity index (χ4n) is 2.55. The van der Waals surface area contributed by atoms with E-state index in [1.54, 1.807) is 48.7 Å². The molecule has 0 radical (unpaired) electrons. The van der Waals surface area contributed by atoms with Crippen molar-refractivity contribution in [1.82, 2.24) is 9.29 Å². The van der Waals surface area contributed by atoms with E-state index in [1.807, 2.05) is 13.0 Å². The first-order valence-corrected chi connectivity index (χ1v) is 9.39. The molecule has 1 amide bonds. The number of amides is 1. The number of carbonyl (C=O) groups is 1. The number of anilines is 1. The third-order valence-electron chi connectivity index (χ3n) is 4.00. The smallest absolute Gasteiger partial charge is 0.252 e. The van der Waals surface area contributed by atoms with E-state index in [1.165, 1.54) is 4.31 Å². The van der Waals surface area contributed by atoms with E-state index in [4.69, 9.17) is 0 Å². The average Bonchev–Trinajstić information content (AvgIpc) is 2.64. The first-order valence-electron chi connectivity index (χ1n) is 7.95. The molecule has 7 heteroatoms. The lowest BCUT2D eigenvalue weighted by Gasteiger charge is -2.25. The zero-order valence-electron chi connectivity index (χ0n) is 13.8. The molecule has 1 aliphatic rings. The quantitative estimate of drug-likeness (QED) is 0.911. The van der Waals surface area contributed by atoms with Crippen LogP contribution in [0.4, 0.5) is 5.82 Å². The third-order valence-corrected chi connectivity index (χ3v) is 5.88. The summed E-state index contributed by atoms with van der Waals surface area (Å²) in [6.45, 7) is 2.38.